The summed E-state index contributed by atoms with van der Waals surface area (Å²) in [5, 5.41) is 4.23. The Balaban J connectivity index is 1.88. The van der Waals surface area contributed by atoms with Crippen molar-refractivity contribution in [1.82, 2.24) is 9.78 Å². The minimum atomic E-state index is -0.261. The van der Waals surface area contributed by atoms with E-state index >= 15 is 0 Å². The summed E-state index contributed by atoms with van der Waals surface area (Å²) in [5.41, 5.74) is 1.72. The van der Waals surface area contributed by atoms with Gasteiger partial charge >= 0.3 is 0 Å². The number of para-hydroxylation sites is 1. The molecule has 5 heteroatoms. The van der Waals surface area contributed by atoms with Gasteiger partial charge in [0.1, 0.15) is 5.69 Å². The SMILES string of the molecule is CN(C(=O)c1ccc(=O)n(Cc2ccccc2)n1)c1ccccc1. The highest BCUT2D eigenvalue weighted by atomic mass is 16.2. The quantitative estimate of drug-likeness (QED) is 0.742. The molecule has 5 nitrogen and oxygen atoms in total. The van der Waals surface area contributed by atoms with Crippen LogP contribution in [0, 0.1) is 0 Å². The first kappa shape index (κ1) is 15.7. The molecule has 3 aromatic rings. The van der Waals surface area contributed by atoms with Crippen LogP contribution in [0.2, 0.25) is 0 Å². The van der Waals surface area contributed by atoms with Crippen LogP contribution in [0.1, 0.15) is 16.1 Å². The van der Waals surface area contributed by atoms with Gasteiger partial charge in [0.25, 0.3) is 11.5 Å². The van der Waals surface area contributed by atoms with Crippen molar-refractivity contribution >= 4 is 11.6 Å². The van der Waals surface area contributed by atoms with Crippen LogP contribution in [0.3, 0.4) is 0 Å². The molecule has 120 valence electrons. The van der Waals surface area contributed by atoms with Crippen LogP contribution in [-0.4, -0.2) is 22.7 Å². The molecule has 0 saturated heterocycles. The second-order valence-corrected chi connectivity index (χ2v) is 5.40. The number of carbonyl (C=O) groups excluding carboxylic acids is 1. The smallest absolute Gasteiger partial charge is 0.278 e. The first-order chi connectivity index (χ1) is 11.6. The van der Waals surface area contributed by atoms with Gasteiger partial charge in [-0.2, -0.15) is 5.10 Å². The summed E-state index contributed by atoms with van der Waals surface area (Å²) >= 11 is 0. The highest BCUT2D eigenvalue weighted by molar-refractivity contribution is 6.04. The fourth-order valence-corrected chi connectivity index (χ4v) is 2.37. The van der Waals surface area contributed by atoms with Crippen LogP contribution in [0.25, 0.3) is 0 Å². The number of aromatic nitrogens is 2. The largest absolute Gasteiger partial charge is 0.310 e. The van der Waals surface area contributed by atoms with Crippen molar-refractivity contribution in [2.24, 2.45) is 0 Å². The first-order valence-corrected chi connectivity index (χ1v) is 7.60. The number of carbonyl (C=O) groups is 1. The Hall–Kier alpha value is -3.21. The lowest BCUT2D eigenvalue weighted by molar-refractivity contribution is 0.0986. The van der Waals surface area contributed by atoms with E-state index in [0.717, 1.165) is 11.3 Å². The third-order valence-corrected chi connectivity index (χ3v) is 3.71. The van der Waals surface area contributed by atoms with Gasteiger partial charge in [0.05, 0.1) is 6.54 Å². The lowest BCUT2D eigenvalue weighted by atomic mass is 10.2. The Morgan fingerprint density at radius 1 is 0.958 bits per heavy atom. The molecule has 0 bridgehead atoms. The van der Waals surface area contributed by atoms with Gasteiger partial charge < -0.3 is 4.90 Å². The van der Waals surface area contributed by atoms with Crippen molar-refractivity contribution in [2.45, 2.75) is 6.54 Å². The number of hydrogen-bond donors (Lipinski definition) is 0. The average Bonchev–Trinajstić information content (AvgIpc) is 2.64. The molecular weight excluding hydrogens is 302 g/mol. The molecule has 0 fully saturated rings. The molecule has 1 heterocycles. The summed E-state index contributed by atoms with van der Waals surface area (Å²) in [7, 11) is 1.69. The highest BCUT2D eigenvalue weighted by Gasteiger charge is 2.16. The monoisotopic (exact) mass is 319 g/mol. The lowest BCUT2D eigenvalue weighted by Gasteiger charge is -2.17. The van der Waals surface area contributed by atoms with Gasteiger partial charge in [0.2, 0.25) is 0 Å². The van der Waals surface area contributed by atoms with Gasteiger partial charge in [-0.05, 0) is 23.8 Å². The van der Waals surface area contributed by atoms with Crippen molar-refractivity contribution in [3.8, 4) is 0 Å². The highest BCUT2D eigenvalue weighted by Crippen LogP contribution is 2.13. The van der Waals surface area contributed by atoms with Crippen LogP contribution in [0.15, 0.2) is 77.6 Å². The Labute approximate surface area is 139 Å². The first-order valence-electron chi connectivity index (χ1n) is 7.60. The summed E-state index contributed by atoms with van der Waals surface area (Å²) in [6.07, 6.45) is 0. The van der Waals surface area contributed by atoms with E-state index < -0.39 is 0 Å². The van der Waals surface area contributed by atoms with E-state index in [0.29, 0.717) is 6.54 Å². The molecule has 24 heavy (non-hydrogen) atoms. The van der Waals surface area contributed by atoms with Gasteiger partial charge in [0.15, 0.2) is 0 Å². The number of anilines is 1. The van der Waals surface area contributed by atoms with E-state index in [1.54, 1.807) is 7.05 Å². The molecule has 3 rings (SSSR count). The number of hydrogen-bond acceptors (Lipinski definition) is 3. The number of amides is 1. The molecule has 0 saturated carbocycles. The topological polar surface area (TPSA) is 55.2 Å². The van der Waals surface area contributed by atoms with Crippen molar-refractivity contribution < 1.29 is 4.79 Å². The summed E-state index contributed by atoms with van der Waals surface area (Å²) in [4.78, 5) is 26.1. The molecule has 0 atom stereocenters. The van der Waals surface area contributed by atoms with Gasteiger partial charge in [-0.15, -0.1) is 0 Å². The molecule has 0 radical (unpaired) electrons. The van der Waals surface area contributed by atoms with Crippen LogP contribution >= 0.6 is 0 Å². The molecule has 0 aliphatic heterocycles. The fourth-order valence-electron chi connectivity index (χ4n) is 2.37. The van der Waals surface area contributed by atoms with E-state index in [9.17, 15) is 9.59 Å². The van der Waals surface area contributed by atoms with Crippen molar-refractivity contribution in [2.75, 3.05) is 11.9 Å². The molecule has 1 amide bonds. The molecule has 1 aromatic heterocycles. The van der Waals surface area contributed by atoms with E-state index in [1.165, 1.54) is 21.7 Å². The second kappa shape index (κ2) is 6.91. The maximum absolute atomic E-state index is 12.6. The van der Waals surface area contributed by atoms with Crippen molar-refractivity contribution in [3.05, 3.63) is 94.4 Å². The number of rotatable bonds is 4. The number of nitrogens with zero attached hydrogens (tertiary/aromatic N) is 3. The normalized spacial score (nSPS) is 10.4. The van der Waals surface area contributed by atoms with Gasteiger partial charge in [0, 0.05) is 18.8 Å². The van der Waals surface area contributed by atoms with Crippen molar-refractivity contribution in [1.29, 1.82) is 0 Å². The summed E-state index contributed by atoms with van der Waals surface area (Å²) in [6, 6.07) is 21.7. The Kier molecular flexibility index (Phi) is 4.52. The third-order valence-electron chi connectivity index (χ3n) is 3.71. The van der Waals surface area contributed by atoms with E-state index in [1.807, 2.05) is 60.7 Å². The zero-order valence-electron chi connectivity index (χ0n) is 13.3. The third kappa shape index (κ3) is 3.41. The molecule has 0 unspecified atom stereocenters. The predicted molar refractivity (Wildman–Crippen MR) is 93.2 cm³/mol. The zero-order chi connectivity index (χ0) is 16.9. The van der Waals surface area contributed by atoms with E-state index in [2.05, 4.69) is 5.10 Å². The van der Waals surface area contributed by atoms with Crippen LogP contribution < -0.4 is 10.5 Å². The van der Waals surface area contributed by atoms with Crippen LogP contribution in [0.5, 0.6) is 0 Å². The standard InChI is InChI=1S/C19H17N3O2/c1-21(16-10-6-3-7-11-16)19(24)17-12-13-18(23)22(20-17)14-15-8-4-2-5-9-15/h2-13H,14H2,1H3. The molecule has 0 spiro atoms. The molecule has 2 aromatic carbocycles. The Morgan fingerprint density at radius 3 is 2.25 bits per heavy atom. The summed E-state index contributed by atoms with van der Waals surface area (Å²) in [6.45, 7) is 0.329. The predicted octanol–water partition coefficient (Wildman–Crippen LogP) is 2.57. The van der Waals surface area contributed by atoms with Gasteiger partial charge in [-0.3, -0.25) is 9.59 Å². The van der Waals surface area contributed by atoms with Crippen molar-refractivity contribution in [3.63, 3.8) is 0 Å². The van der Waals surface area contributed by atoms with E-state index in [-0.39, 0.29) is 17.2 Å². The van der Waals surface area contributed by atoms with Crippen LogP contribution in [0.4, 0.5) is 5.69 Å². The zero-order valence-corrected chi connectivity index (χ0v) is 13.3. The van der Waals surface area contributed by atoms with E-state index in [4.69, 9.17) is 0 Å². The fraction of sp³-hybridized carbons (Fsp3) is 0.105. The van der Waals surface area contributed by atoms with Gasteiger partial charge in [-0.1, -0.05) is 48.5 Å². The Bertz CT molecular complexity index is 889. The molecular formula is C19H17N3O2. The molecule has 0 N–H and O–H groups in total. The second-order valence-electron chi connectivity index (χ2n) is 5.40. The minimum absolute atomic E-state index is 0.233. The summed E-state index contributed by atoms with van der Waals surface area (Å²) in [5.74, 6) is -0.261. The Morgan fingerprint density at radius 2 is 1.58 bits per heavy atom. The summed E-state index contributed by atoms with van der Waals surface area (Å²) < 4.78 is 1.31. The number of benzene rings is 2. The molecule has 0 aliphatic carbocycles. The lowest BCUT2D eigenvalue weighted by Crippen LogP contribution is -2.31. The maximum Gasteiger partial charge on any atom is 0.278 e. The van der Waals surface area contributed by atoms with Gasteiger partial charge in [-0.25, -0.2) is 4.68 Å². The minimum Gasteiger partial charge on any atom is -0.310 e. The van der Waals surface area contributed by atoms with Crippen LogP contribution in [-0.2, 0) is 6.54 Å². The average molecular weight is 319 g/mol. The maximum atomic E-state index is 12.6. The molecule has 0 aliphatic rings.